The van der Waals surface area contributed by atoms with Gasteiger partial charge in [-0.2, -0.15) is 0 Å². The maximum atomic E-state index is 11.5. The van der Waals surface area contributed by atoms with Gasteiger partial charge in [-0.25, -0.2) is 8.42 Å². The van der Waals surface area contributed by atoms with Crippen LogP contribution in [0.4, 0.5) is 0 Å². The third-order valence-corrected chi connectivity index (χ3v) is 2.80. The zero-order valence-corrected chi connectivity index (χ0v) is 10.6. The summed E-state index contributed by atoms with van der Waals surface area (Å²) < 4.78 is 21.8. The normalized spacial score (nSPS) is 12.6. The molecule has 1 amide bonds. The first-order valence-electron chi connectivity index (χ1n) is 4.69. The Morgan fingerprint density at radius 3 is 2.20 bits per heavy atom. The largest absolute Gasteiger partial charge is 0.344 e. The first-order chi connectivity index (χ1) is 6.57. The quantitative estimate of drug-likeness (QED) is 0.696. The molecule has 0 heterocycles. The fraction of sp³-hybridized carbons (Fsp3) is 0.889. The van der Waals surface area contributed by atoms with Crippen molar-refractivity contribution in [2.75, 3.05) is 32.1 Å². The molecule has 0 aliphatic heterocycles. The highest BCUT2D eigenvalue weighted by molar-refractivity contribution is 7.91. The van der Waals surface area contributed by atoms with Crippen molar-refractivity contribution in [1.82, 2.24) is 4.90 Å². The van der Waals surface area contributed by atoms with Crippen LogP contribution in [0.25, 0.3) is 0 Å². The molecule has 0 atom stereocenters. The van der Waals surface area contributed by atoms with Crippen LogP contribution in [0, 0.1) is 5.41 Å². The monoisotopic (exact) mass is 236 g/mol. The molecule has 0 saturated heterocycles. The Labute approximate surface area is 91.5 Å². The Morgan fingerprint density at radius 1 is 1.40 bits per heavy atom. The number of hydrogen-bond acceptors (Lipinski definition) is 4. The molecule has 0 aromatic carbocycles. The van der Waals surface area contributed by atoms with Crippen LogP contribution in [-0.4, -0.2) is 51.4 Å². The smallest absolute Gasteiger partial charge is 0.237 e. The SMILES string of the molecule is CN(CC(C)(C)CN)C(=O)CS(C)(=O)=O. The van der Waals surface area contributed by atoms with E-state index in [1.807, 2.05) is 13.8 Å². The third kappa shape index (κ3) is 6.46. The zero-order valence-electron chi connectivity index (χ0n) is 9.78. The molecule has 0 radical (unpaired) electrons. The summed E-state index contributed by atoms with van der Waals surface area (Å²) in [6.07, 6.45) is 1.05. The van der Waals surface area contributed by atoms with E-state index in [9.17, 15) is 13.2 Å². The molecule has 0 saturated carbocycles. The van der Waals surface area contributed by atoms with Crippen LogP contribution < -0.4 is 5.73 Å². The lowest BCUT2D eigenvalue weighted by molar-refractivity contribution is -0.128. The number of nitrogens with zero attached hydrogens (tertiary/aromatic N) is 1. The number of carbonyl (C=O) groups excluding carboxylic acids is 1. The van der Waals surface area contributed by atoms with E-state index in [2.05, 4.69) is 0 Å². The average molecular weight is 236 g/mol. The fourth-order valence-corrected chi connectivity index (χ4v) is 1.80. The van der Waals surface area contributed by atoms with Gasteiger partial charge in [0.15, 0.2) is 9.84 Å². The number of rotatable bonds is 5. The van der Waals surface area contributed by atoms with Crippen LogP contribution >= 0.6 is 0 Å². The summed E-state index contributed by atoms with van der Waals surface area (Å²) in [5.74, 6) is -0.830. The van der Waals surface area contributed by atoms with Crippen LogP contribution in [-0.2, 0) is 14.6 Å². The molecular weight excluding hydrogens is 216 g/mol. The lowest BCUT2D eigenvalue weighted by atomic mass is 9.93. The van der Waals surface area contributed by atoms with Gasteiger partial charge >= 0.3 is 0 Å². The second-order valence-electron chi connectivity index (χ2n) is 4.69. The maximum Gasteiger partial charge on any atom is 0.237 e. The van der Waals surface area contributed by atoms with Gasteiger partial charge in [-0.3, -0.25) is 4.79 Å². The highest BCUT2D eigenvalue weighted by Crippen LogP contribution is 2.13. The summed E-state index contributed by atoms with van der Waals surface area (Å²) in [4.78, 5) is 12.9. The molecule has 0 unspecified atom stereocenters. The number of hydrogen-bond donors (Lipinski definition) is 1. The van der Waals surface area contributed by atoms with Crippen molar-refractivity contribution >= 4 is 15.7 Å². The zero-order chi connectivity index (χ0) is 12.3. The average Bonchev–Trinajstić information content (AvgIpc) is 2.00. The van der Waals surface area contributed by atoms with Crippen molar-refractivity contribution in [1.29, 1.82) is 0 Å². The van der Waals surface area contributed by atoms with Crippen LogP contribution in [0.15, 0.2) is 0 Å². The topological polar surface area (TPSA) is 80.5 Å². The minimum atomic E-state index is -3.25. The molecule has 0 aromatic heterocycles. The van der Waals surface area contributed by atoms with E-state index in [4.69, 9.17) is 5.73 Å². The third-order valence-electron chi connectivity index (χ3n) is 2.03. The molecular formula is C9H20N2O3S. The first-order valence-corrected chi connectivity index (χ1v) is 6.75. The van der Waals surface area contributed by atoms with Gasteiger partial charge in [-0.1, -0.05) is 13.8 Å². The Morgan fingerprint density at radius 2 is 1.87 bits per heavy atom. The van der Waals surface area contributed by atoms with Gasteiger partial charge in [0.1, 0.15) is 5.75 Å². The Bertz CT molecular complexity index is 322. The molecule has 0 spiro atoms. The molecule has 2 N–H and O–H groups in total. The summed E-state index contributed by atoms with van der Waals surface area (Å²) >= 11 is 0. The van der Waals surface area contributed by atoms with Crippen LogP contribution in [0.2, 0.25) is 0 Å². The molecule has 0 aliphatic carbocycles. The number of carbonyl (C=O) groups is 1. The molecule has 6 heteroatoms. The summed E-state index contributed by atoms with van der Waals surface area (Å²) in [5, 5.41) is 0. The standard InChI is InChI=1S/C9H20N2O3S/c1-9(2,6-10)7-11(3)8(12)5-15(4,13)14/h5-7,10H2,1-4H3. The Balaban J connectivity index is 4.35. The Hall–Kier alpha value is -0.620. The first kappa shape index (κ1) is 14.4. The molecule has 0 fully saturated rings. The molecule has 0 aliphatic rings. The predicted octanol–water partition coefficient (Wildman–Crippen LogP) is -0.526. The molecule has 0 bridgehead atoms. The van der Waals surface area contributed by atoms with Crippen LogP contribution in [0.1, 0.15) is 13.8 Å². The summed E-state index contributed by atoms with van der Waals surface area (Å²) in [5.41, 5.74) is 5.33. The lowest BCUT2D eigenvalue weighted by Gasteiger charge is -2.28. The van der Waals surface area contributed by atoms with E-state index in [0.29, 0.717) is 13.1 Å². The Kier molecular flexibility index (Phi) is 4.73. The van der Waals surface area contributed by atoms with E-state index in [0.717, 1.165) is 6.26 Å². The summed E-state index contributed by atoms with van der Waals surface area (Å²) in [7, 11) is -1.66. The minimum Gasteiger partial charge on any atom is -0.344 e. The maximum absolute atomic E-state index is 11.5. The summed E-state index contributed by atoms with van der Waals surface area (Å²) in [6.45, 7) is 4.76. The number of sulfone groups is 1. The molecule has 90 valence electrons. The van der Waals surface area contributed by atoms with Crippen molar-refractivity contribution in [2.24, 2.45) is 11.1 Å². The van der Waals surface area contributed by atoms with E-state index < -0.39 is 15.6 Å². The van der Waals surface area contributed by atoms with Gasteiger partial charge in [0.2, 0.25) is 5.91 Å². The van der Waals surface area contributed by atoms with Crippen molar-refractivity contribution in [3.05, 3.63) is 0 Å². The molecule has 15 heavy (non-hydrogen) atoms. The van der Waals surface area contributed by atoms with Crippen molar-refractivity contribution in [3.8, 4) is 0 Å². The van der Waals surface area contributed by atoms with Gasteiger partial charge in [0.05, 0.1) is 0 Å². The van der Waals surface area contributed by atoms with E-state index in [1.54, 1.807) is 7.05 Å². The number of nitrogens with two attached hydrogens (primary N) is 1. The molecule has 5 nitrogen and oxygen atoms in total. The van der Waals surface area contributed by atoms with Gasteiger partial charge in [-0.15, -0.1) is 0 Å². The van der Waals surface area contributed by atoms with Gasteiger partial charge in [0, 0.05) is 19.8 Å². The summed E-state index contributed by atoms with van der Waals surface area (Å²) in [6, 6.07) is 0. The highest BCUT2D eigenvalue weighted by Gasteiger charge is 2.22. The van der Waals surface area contributed by atoms with Gasteiger partial charge < -0.3 is 10.6 Å². The highest BCUT2D eigenvalue weighted by atomic mass is 32.2. The second-order valence-corrected chi connectivity index (χ2v) is 6.83. The molecule has 0 rings (SSSR count). The van der Waals surface area contributed by atoms with Crippen molar-refractivity contribution in [3.63, 3.8) is 0 Å². The van der Waals surface area contributed by atoms with Gasteiger partial charge in [-0.05, 0) is 12.0 Å². The lowest BCUT2D eigenvalue weighted by Crippen LogP contribution is -2.41. The van der Waals surface area contributed by atoms with Crippen LogP contribution in [0.3, 0.4) is 0 Å². The van der Waals surface area contributed by atoms with E-state index in [1.165, 1.54) is 4.90 Å². The van der Waals surface area contributed by atoms with Crippen molar-refractivity contribution in [2.45, 2.75) is 13.8 Å². The minimum absolute atomic E-state index is 0.193. The number of amides is 1. The fourth-order valence-electron chi connectivity index (χ4n) is 1.13. The van der Waals surface area contributed by atoms with Crippen molar-refractivity contribution < 1.29 is 13.2 Å². The van der Waals surface area contributed by atoms with E-state index in [-0.39, 0.29) is 11.3 Å². The molecule has 0 aromatic rings. The second kappa shape index (κ2) is 4.94. The van der Waals surface area contributed by atoms with Gasteiger partial charge in [0.25, 0.3) is 0 Å². The van der Waals surface area contributed by atoms with Crippen LogP contribution in [0.5, 0.6) is 0 Å². The predicted molar refractivity (Wildman–Crippen MR) is 60.2 cm³/mol. The van der Waals surface area contributed by atoms with E-state index >= 15 is 0 Å².